The molecule has 130 valence electrons. The Morgan fingerprint density at radius 1 is 1.31 bits per heavy atom. The van der Waals surface area contributed by atoms with Crippen LogP contribution in [-0.4, -0.2) is 21.9 Å². The van der Waals surface area contributed by atoms with E-state index in [4.69, 9.17) is 21.3 Å². The monoisotopic (exact) mass is 384 g/mol. The number of anilines is 1. The fraction of sp³-hybridized carbons (Fsp3) is 0.111. The van der Waals surface area contributed by atoms with Gasteiger partial charge < -0.3 is 9.73 Å². The van der Waals surface area contributed by atoms with Crippen LogP contribution in [0.3, 0.4) is 0 Å². The predicted molar refractivity (Wildman–Crippen MR) is 100.0 cm³/mol. The molecule has 3 rings (SSSR count). The first-order valence-corrected chi connectivity index (χ1v) is 8.94. The van der Waals surface area contributed by atoms with Crippen LogP contribution in [0.2, 0.25) is 5.02 Å². The molecule has 0 spiro atoms. The molecule has 0 saturated heterocycles. The molecule has 8 heteroatoms. The van der Waals surface area contributed by atoms with Gasteiger partial charge >= 0.3 is 0 Å². The van der Waals surface area contributed by atoms with Crippen LogP contribution in [0, 0.1) is 18.3 Å². The van der Waals surface area contributed by atoms with E-state index in [-0.39, 0.29) is 16.7 Å². The Kier molecular flexibility index (Phi) is 5.56. The summed E-state index contributed by atoms with van der Waals surface area (Å²) in [6, 6.07) is 14.4. The zero-order valence-electron chi connectivity index (χ0n) is 13.7. The highest BCUT2D eigenvalue weighted by Crippen LogP contribution is 2.24. The average Bonchev–Trinajstić information content (AvgIpc) is 3.09. The summed E-state index contributed by atoms with van der Waals surface area (Å²) in [5.74, 6) is 0.272. The number of amides is 1. The molecule has 1 N–H and O–H groups in total. The summed E-state index contributed by atoms with van der Waals surface area (Å²) < 4.78 is 5.58. The largest absolute Gasteiger partial charge is 0.411 e. The molecule has 0 aliphatic heterocycles. The van der Waals surface area contributed by atoms with E-state index in [2.05, 4.69) is 15.5 Å². The van der Waals surface area contributed by atoms with Gasteiger partial charge in [0, 0.05) is 11.3 Å². The number of carbonyl (C=O) groups excluding carboxylic acids is 1. The third-order valence-corrected chi connectivity index (χ3v) is 4.50. The van der Waals surface area contributed by atoms with Crippen molar-refractivity contribution in [2.45, 2.75) is 12.1 Å². The second-order valence-electron chi connectivity index (χ2n) is 5.39. The van der Waals surface area contributed by atoms with Crippen LogP contribution in [0.15, 0.2) is 52.1 Å². The number of benzene rings is 2. The van der Waals surface area contributed by atoms with Gasteiger partial charge in [0.2, 0.25) is 11.8 Å². The molecule has 0 atom stereocenters. The highest BCUT2D eigenvalue weighted by Gasteiger charge is 2.12. The van der Waals surface area contributed by atoms with Crippen LogP contribution >= 0.6 is 23.4 Å². The van der Waals surface area contributed by atoms with E-state index in [0.29, 0.717) is 22.4 Å². The molecule has 0 fully saturated rings. The minimum Gasteiger partial charge on any atom is -0.411 e. The summed E-state index contributed by atoms with van der Waals surface area (Å²) in [4.78, 5) is 12.0. The first-order valence-electron chi connectivity index (χ1n) is 7.58. The number of rotatable bonds is 5. The lowest BCUT2D eigenvalue weighted by atomic mass is 10.1. The van der Waals surface area contributed by atoms with Crippen molar-refractivity contribution in [1.29, 1.82) is 5.26 Å². The van der Waals surface area contributed by atoms with Gasteiger partial charge in [0.25, 0.3) is 5.22 Å². The van der Waals surface area contributed by atoms with Crippen LogP contribution in [0.25, 0.3) is 11.5 Å². The fourth-order valence-corrected chi connectivity index (χ4v) is 2.96. The topological polar surface area (TPSA) is 91.8 Å². The number of nitrogens with one attached hydrogen (secondary N) is 1. The quantitative estimate of drug-likeness (QED) is 0.659. The number of carbonyl (C=O) groups is 1. The van der Waals surface area contributed by atoms with E-state index in [1.54, 1.807) is 12.1 Å². The smallest absolute Gasteiger partial charge is 0.277 e. The van der Waals surface area contributed by atoms with Crippen molar-refractivity contribution in [3.63, 3.8) is 0 Å². The minimum absolute atomic E-state index is 0.104. The van der Waals surface area contributed by atoms with Crippen LogP contribution in [0.5, 0.6) is 0 Å². The molecule has 0 aliphatic carbocycles. The van der Waals surface area contributed by atoms with E-state index in [9.17, 15) is 4.79 Å². The van der Waals surface area contributed by atoms with E-state index in [1.807, 2.05) is 37.3 Å². The van der Waals surface area contributed by atoms with Crippen LogP contribution in [0.1, 0.15) is 11.1 Å². The number of halogens is 1. The summed E-state index contributed by atoms with van der Waals surface area (Å²) in [7, 11) is 0. The summed E-state index contributed by atoms with van der Waals surface area (Å²) in [5, 5.41) is 20.1. The number of aromatic nitrogens is 2. The molecule has 3 aromatic rings. The third-order valence-electron chi connectivity index (χ3n) is 3.37. The van der Waals surface area contributed by atoms with Crippen LogP contribution < -0.4 is 5.32 Å². The second-order valence-corrected chi connectivity index (χ2v) is 6.72. The van der Waals surface area contributed by atoms with E-state index in [1.165, 1.54) is 6.07 Å². The minimum atomic E-state index is -0.244. The summed E-state index contributed by atoms with van der Waals surface area (Å²) in [6.07, 6.45) is 0. The molecule has 1 aromatic heterocycles. The summed E-state index contributed by atoms with van der Waals surface area (Å²) in [5.41, 5.74) is 2.80. The lowest BCUT2D eigenvalue weighted by Crippen LogP contribution is -2.14. The third kappa shape index (κ3) is 4.42. The standard InChI is InChI=1S/C18H13ClN4O2S/c1-11-3-2-4-12(7-11)17-22-23-18(25-17)26-10-16(24)21-14-6-5-13(9-20)15(19)8-14/h2-8H,10H2,1H3,(H,21,24). The molecule has 0 unspecified atom stereocenters. The van der Waals surface area contributed by atoms with Crippen molar-refractivity contribution < 1.29 is 9.21 Å². The Labute approximate surface area is 159 Å². The number of hydrogen-bond acceptors (Lipinski definition) is 6. The molecule has 1 heterocycles. The van der Waals surface area contributed by atoms with Crippen molar-refractivity contribution in [1.82, 2.24) is 10.2 Å². The summed E-state index contributed by atoms with van der Waals surface area (Å²) in [6.45, 7) is 1.98. The molecule has 0 aliphatic rings. The average molecular weight is 385 g/mol. The maximum absolute atomic E-state index is 12.0. The molecule has 6 nitrogen and oxygen atoms in total. The summed E-state index contributed by atoms with van der Waals surface area (Å²) >= 11 is 7.09. The highest BCUT2D eigenvalue weighted by molar-refractivity contribution is 7.99. The van der Waals surface area contributed by atoms with Gasteiger partial charge in [-0.3, -0.25) is 4.79 Å². The first-order chi connectivity index (χ1) is 12.5. The molecule has 0 saturated carbocycles. The van der Waals surface area contributed by atoms with Crippen molar-refractivity contribution in [3.8, 4) is 17.5 Å². The fourth-order valence-electron chi connectivity index (χ4n) is 2.17. The number of nitriles is 1. The maximum Gasteiger partial charge on any atom is 0.277 e. The number of hydrogen-bond donors (Lipinski definition) is 1. The van der Waals surface area contributed by atoms with Crippen molar-refractivity contribution in [2.75, 3.05) is 11.1 Å². The number of thioether (sulfide) groups is 1. The Balaban J connectivity index is 1.58. The van der Waals surface area contributed by atoms with Crippen molar-refractivity contribution in [2.24, 2.45) is 0 Å². The van der Waals surface area contributed by atoms with Gasteiger partial charge in [0.15, 0.2) is 0 Å². The predicted octanol–water partition coefficient (Wildman–Crippen LogP) is 4.30. The molecule has 0 radical (unpaired) electrons. The zero-order chi connectivity index (χ0) is 18.5. The SMILES string of the molecule is Cc1cccc(-c2nnc(SCC(=O)Nc3ccc(C#N)c(Cl)c3)o2)c1. The van der Waals surface area contributed by atoms with Crippen molar-refractivity contribution >= 4 is 35.0 Å². The van der Waals surface area contributed by atoms with Crippen LogP contribution in [-0.2, 0) is 4.79 Å². The van der Waals surface area contributed by atoms with Gasteiger partial charge in [-0.1, -0.05) is 41.1 Å². The molecule has 0 bridgehead atoms. The first kappa shape index (κ1) is 18.0. The Hall–Kier alpha value is -2.82. The van der Waals surface area contributed by atoms with Crippen molar-refractivity contribution in [3.05, 3.63) is 58.6 Å². The van der Waals surface area contributed by atoms with E-state index >= 15 is 0 Å². The van der Waals surface area contributed by atoms with Gasteiger partial charge in [-0.25, -0.2) is 0 Å². The molecule has 2 aromatic carbocycles. The Morgan fingerprint density at radius 3 is 2.88 bits per heavy atom. The van der Waals surface area contributed by atoms with Crippen LogP contribution in [0.4, 0.5) is 5.69 Å². The van der Waals surface area contributed by atoms with Gasteiger partial charge in [-0.05, 0) is 37.3 Å². The molecular formula is C18H13ClN4O2S. The second kappa shape index (κ2) is 8.04. The lowest BCUT2D eigenvalue weighted by molar-refractivity contribution is -0.113. The van der Waals surface area contributed by atoms with E-state index in [0.717, 1.165) is 22.9 Å². The van der Waals surface area contributed by atoms with Gasteiger partial charge in [0.1, 0.15) is 6.07 Å². The number of nitrogens with zero attached hydrogens (tertiary/aromatic N) is 3. The maximum atomic E-state index is 12.0. The zero-order valence-corrected chi connectivity index (χ0v) is 15.3. The molecule has 26 heavy (non-hydrogen) atoms. The molecular weight excluding hydrogens is 372 g/mol. The molecule has 1 amide bonds. The highest BCUT2D eigenvalue weighted by atomic mass is 35.5. The Morgan fingerprint density at radius 2 is 2.15 bits per heavy atom. The van der Waals surface area contributed by atoms with Gasteiger partial charge in [-0.15, -0.1) is 10.2 Å². The number of aryl methyl sites for hydroxylation is 1. The van der Waals surface area contributed by atoms with Gasteiger partial charge in [0.05, 0.1) is 16.3 Å². The normalized spacial score (nSPS) is 10.3. The Bertz CT molecular complexity index is 997. The lowest BCUT2D eigenvalue weighted by Gasteiger charge is -2.05. The van der Waals surface area contributed by atoms with Gasteiger partial charge in [-0.2, -0.15) is 5.26 Å². The van der Waals surface area contributed by atoms with E-state index < -0.39 is 0 Å².